The molecule has 0 aliphatic heterocycles. The van der Waals surface area contributed by atoms with Crippen LogP contribution in [0, 0.1) is 20.7 Å². The van der Waals surface area contributed by atoms with E-state index in [0.717, 1.165) is 9.64 Å². The van der Waals surface area contributed by atoms with Crippen LogP contribution in [-0.4, -0.2) is 14.5 Å². The van der Waals surface area contributed by atoms with Crippen molar-refractivity contribution in [2.45, 2.75) is 0 Å². The minimum Gasteiger partial charge on any atom is -0.268 e. The number of hydrogen-bond donors (Lipinski definition) is 0. The van der Waals surface area contributed by atoms with Gasteiger partial charge in [-0.05, 0) is 83.3 Å². The molecular formula is C22H11ClFIN4O. The molecule has 0 fully saturated rings. The van der Waals surface area contributed by atoms with E-state index in [-0.39, 0.29) is 11.2 Å². The van der Waals surface area contributed by atoms with Crippen molar-refractivity contribution in [2.75, 3.05) is 0 Å². The Labute approximate surface area is 189 Å². The third-order valence-corrected chi connectivity index (χ3v) is 5.33. The summed E-state index contributed by atoms with van der Waals surface area (Å²) >= 11 is 8.53. The van der Waals surface area contributed by atoms with Gasteiger partial charge in [-0.3, -0.25) is 14.3 Å². The zero-order valence-corrected chi connectivity index (χ0v) is 18.1. The van der Waals surface area contributed by atoms with Gasteiger partial charge >= 0.3 is 0 Å². The Bertz CT molecular complexity index is 1430. The van der Waals surface area contributed by atoms with Crippen molar-refractivity contribution in [3.8, 4) is 11.8 Å². The maximum atomic E-state index is 13.8. The van der Waals surface area contributed by atoms with E-state index in [0.29, 0.717) is 27.5 Å². The van der Waals surface area contributed by atoms with Gasteiger partial charge in [-0.15, -0.1) is 0 Å². The maximum absolute atomic E-state index is 13.8. The monoisotopic (exact) mass is 528 g/mol. The van der Waals surface area contributed by atoms with Crippen molar-refractivity contribution < 1.29 is 4.39 Å². The Morgan fingerprint density at radius 2 is 2.00 bits per heavy atom. The van der Waals surface area contributed by atoms with Crippen molar-refractivity contribution in [1.82, 2.24) is 14.5 Å². The van der Waals surface area contributed by atoms with E-state index in [9.17, 15) is 14.4 Å². The molecule has 4 rings (SSSR count). The highest BCUT2D eigenvalue weighted by Crippen LogP contribution is 2.24. The Hall–Kier alpha value is -3.09. The Morgan fingerprint density at radius 3 is 2.77 bits per heavy atom. The van der Waals surface area contributed by atoms with Crippen LogP contribution in [0.15, 0.2) is 59.5 Å². The summed E-state index contributed by atoms with van der Waals surface area (Å²) in [6, 6.07) is 14.5. The SMILES string of the molecule is N#Cc1cccnc1/C=C/c1nc2ccc(F)cc2c(=O)n1-c1ccc(I)cc1Cl. The number of hydrogen-bond acceptors (Lipinski definition) is 4. The summed E-state index contributed by atoms with van der Waals surface area (Å²) in [6.45, 7) is 0. The van der Waals surface area contributed by atoms with E-state index >= 15 is 0 Å². The molecular weight excluding hydrogens is 518 g/mol. The second kappa shape index (κ2) is 8.34. The molecule has 4 aromatic rings. The predicted molar refractivity (Wildman–Crippen MR) is 123 cm³/mol. The van der Waals surface area contributed by atoms with Crippen LogP contribution in [0.3, 0.4) is 0 Å². The van der Waals surface area contributed by atoms with E-state index in [1.807, 2.05) is 6.07 Å². The first-order valence-electron chi connectivity index (χ1n) is 8.69. The van der Waals surface area contributed by atoms with E-state index < -0.39 is 11.4 Å². The van der Waals surface area contributed by atoms with E-state index in [4.69, 9.17) is 11.6 Å². The van der Waals surface area contributed by atoms with Gasteiger partial charge in [0.25, 0.3) is 5.56 Å². The molecule has 0 saturated carbocycles. The van der Waals surface area contributed by atoms with Crippen LogP contribution in [0.1, 0.15) is 17.1 Å². The standard InChI is InChI=1S/C22H11ClFIN4O/c23-17-11-15(25)4-7-20(17)29-21(8-6-18-13(12-26)2-1-9-27-18)28-19-5-3-14(24)10-16(19)22(29)30/h1-11H/b8-6+. The van der Waals surface area contributed by atoms with E-state index in [1.165, 1.54) is 16.7 Å². The molecule has 0 atom stereocenters. The molecule has 0 N–H and O–H groups in total. The minimum absolute atomic E-state index is 0.136. The molecule has 30 heavy (non-hydrogen) atoms. The molecule has 0 saturated heterocycles. The normalized spacial score (nSPS) is 11.1. The first kappa shape index (κ1) is 20.2. The van der Waals surface area contributed by atoms with E-state index in [1.54, 1.807) is 42.6 Å². The molecule has 5 nitrogen and oxygen atoms in total. The highest BCUT2D eigenvalue weighted by molar-refractivity contribution is 14.1. The van der Waals surface area contributed by atoms with Gasteiger partial charge in [0.15, 0.2) is 0 Å². The van der Waals surface area contributed by atoms with Crippen LogP contribution in [-0.2, 0) is 0 Å². The molecule has 2 heterocycles. The van der Waals surface area contributed by atoms with E-state index in [2.05, 4.69) is 38.6 Å². The lowest BCUT2D eigenvalue weighted by Gasteiger charge is -2.13. The summed E-state index contributed by atoms with van der Waals surface area (Å²) in [5.41, 5.74) is 1.14. The van der Waals surface area contributed by atoms with Crippen molar-refractivity contribution in [1.29, 1.82) is 5.26 Å². The molecule has 0 bridgehead atoms. The van der Waals surface area contributed by atoms with Gasteiger partial charge in [0, 0.05) is 9.77 Å². The maximum Gasteiger partial charge on any atom is 0.266 e. The zero-order valence-electron chi connectivity index (χ0n) is 15.2. The summed E-state index contributed by atoms with van der Waals surface area (Å²) < 4.78 is 16.0. The second-order valence-corrected chi connectivity index (χ2v) is 7.90. The van der Waals surface area contributed by atoms with Gasteiger partial charge in [-0.2, -0.15) is 5.26 Å². The fourth-order valence-corrected chi connectivity index (χ4v) is 3.92. The van der Waals surface area contributed by atoms with Crippen LogP contribution in [0.25, 0.3) is 28.7 Å². The van der Waals surface area contributed by atoms with Crippen LogP contribution < -0.4 is 5.56 Å². The Kier molecular flexibility index (Phi) is 5.61. The largest absolute Gasteiger partial charge is 0.268 e. The lowest BCUT2D eigenvalue weighted by Crippen LogP contribution is -2.22. The lowest BCUT2D eigenvalue weighted by atomic mass is 10.2. The molecule has 146 valence electrons. The summed E-state index contributed by atoms with van der Waals surface area (Å²) in [5, 5.41) is 9.76. The summed E-state index contributed by atoms with van der Waals surface area (Å²) in [4.78, 5) is 22.0. The van der Waals surface area contributed by atoms with Crippen molar-refractivity contribution in [2.24, 2.45) is 0 Å². The third kappa shape index (κ3) is 3.84. The average Bonchev–Trinajstić information content (AvgIpc) is 2.74. The molecule has 0 spiro atoms. The fraction of sp³-hybridized carbons (Fsp3) is 0. The third-order valence-electron chi connectivity index (χ3n) is 4.36. The summed E-state index contributed by atoms with van der Waals surface area (Å²) in [6.07, 6.45) is 4.76. The number of nitrogens with zero attached hydrogens (tertiary/aromatic N) is 4. The number of pyridine rings is 1. The van der Waals surface area contributed by atoms with Crippen LogP contribution in [0.4, 0.5) is 4.39 Å². The van der Waals surface area contributed by atoms with Gasteiger partial charge in [-0.25, -0.2) is 9.37 Å². The average molecular weight is 529 g/mol. The van der Waals surface area contributed by atoms with Crippen LogP contribution in [0.5, 0.6) is 0 Å². The van der Waals surface area contributed by atoms with Crippen molar-refractivity contribution in [3.05, 3.63) is 96.6 Å². The van der Waals surface area contributed by atoms with Gasteiger partial charge < -0.3 is 0 Å². The molecule has 0 aliphatic rings. The Morgan fingerprint density at radius 1 is 1.17 bits per heavy atom. The van der Waals surface area contributed by atoms with Crippen molar-refractivity contribution >= 4 is 57.2 Å². The van der Waals surface area contributed by atoms with Crippen molar-refractivity contribution in [3.63, 3.8) is 0 Å². The van der Waals surface area contributed by atoms with Gasteiger partial charge in [0.05, 0.1) is 32.9 Å². The Balaban J connectivity index is 2.00. The smallest absolute Gasteiger partial charge is 0.266 e. The van der Waals surface area contributed by atoms with Gasteiger partial charge in [0.1, 0.15) is 17.7 Å². The zero-order chi connectivity index (χ0) is 21.3. The minimum atomic E-state index is -0.530. The molecule has 0 amide bonds. The molecule has 2 aromatic carbocycles. The highest BCUT2D eigenvalue weighted by atomic mass is 127. The lowest BCUT2D eigenvalue weighted by molar-refractivity contribution is 0.629. The number of aromatic nitrogens is 3. The molecule has 8 heteroatoms. The quantitative estimate of drug-likeness (QED) is 0.342. The number of fused-ring (bicyclic) bond motifs is 1. The first-order chi connectivity index (χ1) is 14.5. The number of halogens is 3. The molecule has 0 radical (unpaired) electrons. The fourth-order valence-electron chi connectivity index (χ4n) is 2.98. The van der Waals surface area contributed by atoms with Crippen LogP contribution in [0.2, 0.25) is 5.02 Å². The molecule has 0 unspecified atom stereocenters. The number of nitriles is 1. The summed E-state index contributed by atoms with van der Waals surface area (Å²) in [5.74, 6) is -0.256. The second-order valence-electron chi connectivity index (χ2n) is 6.25. The molecule has 0 aliphatic carbocycles. The topological polar surface area (TPSA) is 71.6 Å². The molecule has 2 aromatic heterocycles. The number of rotatable bonds is 3. The van der Waals surface area contributed by atoms with Gasteiger partial charge in [0.2, 0.25) is 0 Å². The first-order valence-corrected chi connectivity index (χ1v) is 10.1. The highest BCUT2D eigenvalue weighted by Gasteiger charge is 2.15. The predicted octanol–water partition coefficient (Wildman–Crippen LogP) is 5.22. The van der Waals surface area contributed by atoms with Gasteiger partial charge in [-0.1, -0.05) is 11.6 Å². The number of benzene rings is 2. The van der Waals surface area contributed by atoms with Crippen LogP contribution >= 0.6 is 34.2 Å². The summed E-state index contributed by atoms with van der Waals surface area (Å²) in [7, 11) is 0.